The number of carbonyl (C=O) groups excluding carboxylic acids is 1. The maximum Gasteiger partial charge on any atom is 0.241 e. The summed E-state index contributed by atoms with van der Waals surface area (Å²) in [4.78, 5) is 15.6. The van der Waals surface area contributed by atoms with Gasteiger partial charge in [0.2, 0.25) is 5.91 Å². The first-order valence-electron chi connectivity index (χ1n) is 5.72. The predicted molar refractivity (Wildman–Crippen MR) is 69.8 cm³/mol. The Bertz CT molecular complexity index is 276. The van der Waals surface area contributed by atoms with E-state index < -0.39 is 0 Å². The van der Waals surface area contributed by atoms with Crippen LogP contribution in [0.1, 0.15) is 27.7 Å². The number of thioether (sulfide) groups is 1. The quantitative estimate of drug-likeness (QED) is 0.781. The van der Waals surface area contributed by atoms with Gasteiger partial charge in [0.25, 0.3) is 0 Å². The van der Waals surface area contributed by atoms with Crippen molar-refractivity contribution in [2.24, 2.45) is 10.9 Å². The third-order valence-electron chi connectivity index (χ3n) is 2.33. The van der Waals surface area contributed by atoms with Crippen molar-refractivity contribution in [1.29, 1.82) is 0 Å². The van der Waals surface area contributed by atoms with Crippen molar-refractivity contribution in [2.75, 3.05) is 12.3 Å². The van der Waals surface area contributed by atoms with Crippen molar-refractivity contribution in [3.8, 4) is 0 Å². The van der Waals surface area contributed by atoms with Crippen molar-refractivity contribution < 1.29 is 4.79 Å². The molecule has 0 spiro atoms. The lowest BCUT2D eigenvalue weighted by Gasteiger charge is -2.13. The lowest BCUT2D eigenvalue weighted by atomic mass is 10.1. The van der Waals surface area contributed by atoms with Crippen LogP contribution < -0.4 is 10.6 Å². The highest BCUT2D eigenvalue weighted by Crippen LogP contribution is 2.18. The van der Waals surface area contributed by atoms with Gasteiger partial charge in [-0.15, -0.1) is 0 Å². The second kappa shape index (κ2) is 6.13. The molecule has 1 saturated heterocycles. The van der Waals surface area contributed by atoms with E-state index in [1.807, 2.05) is 13.8 Å². The van der Waals surface area contributed by atoms with Crippen molar-refractivity contribution in [2.45, 2.75) is 39.8 Å². The molecule has 0 aromatic carbocycles. The van der Waals surface area contributed by atoms with Crippen LogP contribution in [0, 0.1) is 5.92 Å². The maximum atomic E-state index is 11.4. The summed E-state index contributed by atoms with van der Waals surface area (Å²) in [6.07, 6.45) is 0. The number of hydrogen-bond acceptors (Lipinski definition) is 3. The van der Waals surface area contributed by atoms with Crippen molar-refractivity contribution in [1.82, 2.24) is 10.6 Å². The Morgan fingerprint density at radius 1 is 1.56 bits per heavy atom. The molecule has 1 heterocycles. The lowest BCUT2D eigenvalue weighted by molar-refractivity contribution is -0.120. The van der Waals surface area contributed by atoms with E-state index in [-0.39, 0.29) is 18.5 Å². The van der Waals surface area contributed by atoms with Crippen molar-refractivity contribution in [3.05, 3.63) is 0 Å². The van der Waals surface area contributed by atoms with Crippen LogP contribution in [0.15, 0.2) is 4.99 Å². The van der Waals surface area contributed by atoms with Crippen LogP contribution in [0.3, 0.4) is 0 Å². The molecule has 0 aromatic heterocycles. The Hall–Kier alpha value is -0.710. The van der Waals surface area contributed by atoms with E-state index in [2.05, 4.69) is 29.5 Å². The summed E-state index contributed by atoms with van der Waals surface area (Å²) < 4.78 is 0. The van der Waals surface area contributed by atoms with Gasteiger partial charge in [-0.2, -0.15) is 0 Å². The molecule has 2 N–H and O–H groups in total. The molecule has 0 unspecified atom stereocenters. The summed E-state index contributed by atoms with van der Waals surface area (Å²) in [6.45, 7) is 8.49. The van der Waals surface area contributed by atoms with Crippen molar-refractivity contribution >= 4 is 22.8 Å². The normalized spacial score (nSPS) is 22.9. The molecule has 1 aliphatic heterocycles. The number of nitrogens with zero attached hydrogens (tertiary/aromatic N) is 1. The van der Waals surface area contributed by atoms with Gasteiger partial charge in [0.15, 0.2) is 5.17 Å². The Morgan fingerprint density at radius 2 is 2.25 bits per heavy atom. The largest absolute Gasteiger partial charge is 0.361 e. The summed E-state index contributed by atoms with van der Waals surface area (Å²) >= 11 is 1.70. The minimum atomic E-state index is -0.0158. The average molecular weight is 243 g/mol. The molecule has 0 aliphatic carbocycles. The van der Waals surface area contributed by atoms with Crippen LogP contribution in [-0.2, 0) is 4.79 Å². The Morgan fingerprint density at radius 3 is 2.75 bits per heavy atom. The topological polar surface area (TPSA) is 53.5 Å². The minimum absolute atomic E-state index is 0.0158. The number of aliphatic imine (C=N–C) groups is 1. The van der Waals surface area contributed by atoms with Gasteiger partial charge in [0, 0.05) is 17.8 Å². The molecular weight excluding hydrogens is 222 g/mol. The van der Waals surface area contributed by atoms with E-state index in [0.29, 0.717) is 12.0 Å². The average Bonchev–Trinajstić information content (AvgIpc) is 2.61. The second-order valence-corrected chi connectivity index (χ2v) is 5.66. The molecule has 0 aromatic rings. The number of rotatable bonds is 4. The van der Waals surface area contributed by atoms with Gasteiger partial charge in [-0.25, -0.2) is 0 Å². The fourth-order valence-electron chi connectivity index (χ4n) is 1.37. The first kappa shape index (κ1) is 13.4. The summed E-state index contributed by atoms with van der Waals surface area (Å²) in [7, 11) is 0. The lowest BCUT2D eigenvalue weighted by Crippen LogP contribution is -2.34. The van der Waals surface area contributed by atoms with Crippen molar-refractivity contribution in [3.63, 3.8) is 0 Å². The molecule has 92 valence electrons. The summed E-state index contributed by atoms with van der Waals surface area (Å²) in [6, 6.07) is 0.664. The Kier molecular flexibility index (Phi) is 5.12. The zero-order chi connectivity index (χ0) is 12.1. The van der Waals surface area contributed by atoms with Gasteiger partial charge in [-0.05, 0) is 19.8 Å². The molecule has 1 amide bonds. The SMILES string of the molecule is CC(C)NC(=O)CN=C1N[C@@H](C(C)C)CS1. The number of hydrogen-bond donors (Lipinski definition) is 2. The van der Waals surface area contributed by atoms with E-state index in [4.69, 9.17) is 0 Å². The van der Waals surface area contributed by atoms with Crippen LogP contribution >= 0.6 is 11.8 Å². The third kappa shape index (κ3) is 4.43. The molecule has 0 bridgehead atoms. The van der Waals surface area contributed by atoms with E-state index in [0.717, 1.165) is 10.9 Å². The zero-order valence-electron chi connectivity index (χ0n) is 10.4. The fourth-order valence-corrected chi connectivity index (χ4v) is 2.57. The molecule has 0 saturated carbocycles. The van der Waals surface area contributed by atoms with Crippen LogP contribution in [0.25, 0.3) is 0 Å². The van der Waals surface area contributed by atoms with E-state index in [1.54, 1.807) is 11.8 Å². The highest BCUT2D eigenvalue weighted by Gasteiger charge is 2.22. The summed E-state index contributed by atoms with van der Waals surface area (Å²) in [5.74, 6) is 1.63. The Balaban J connectivity index is 2.34. The van der Waals surface area contributed by atoms with Crippen LogP contribution in [0.5, 0.6) is 0 Å². The molecule has 1 aliphatic rings. The molecule has 5 heteroatoms. The number of amides is 1. The molecule has 1 atom stereocenters. The smallest absolute Gasteiger partial charge is 0.241 e. The van der Waals surface area contributed by atoms with Gasteiger partial charge in [0.05, 0.1) is 0 Å². The molecular formula is C11H21N3OS. The van der Waals surface area contributed by atoms with Crippen LogP contribution in [0.2, 0.25) is 0 Å². The Labute approximate surface area is 102 Å². The zero-order valence-corrected chi connectivity index (χ0v) is 11.2. The molecule has 0 radical (unpaired) electrons. The summed E-state index contributed by atoms with van der Waals surface area (Å²) in [5, 5.41) is 7.05. The van der Waals surface area contributed by atoms with Gasteiger partial charge < -0.3 is 10.6 Å². The highest BCUT2D eigenvalue weighted by molar-refractivity contribution is 8.14. The van der Waals surface area contributed by atoms with E-state index in [1.165, 1.54) is 0 Å². The molecule has 16 heavy (non-hydrogen) atoms. The summed E-state index contributed by atoms with van der Waals surface area (Å²) in [5.41, 5.74) is 0. The van der Waals surface area contributed by atoms with E-state index in [9.17, 15) is 4.79 Å². The molecule has 4 nitrogen and oxygen atoms in total. The van der Waals surface area contributed by atoms with E-state index >= 15 is 0 Å². The molecule has 1 fully saturated rings. The predicted octanol–water partition coefficient (Wildman–Crippen LogP) is 1.23. The van der Waals surface area contributed by atoms with Crippen LogP contribution in [-0.4, -0.2) is 35.5 Å². The standard InChI is InChI=1S/C11H21N3OS/c1-7(2)9-6-16-11(14-9)12-5-10(15)13-8(3)4/h7-9H,5-6H2,1-4H3,(H,12,14)(H,13,15)/t9-/m1/s1. The molecule has 1 rings (SSSR count). The van der Waals surface area contributed by atoms with Gasteiger partial charge in [-0.1, -0.05) is 25.6 Å². The minimum Gasteiger partial charge on any atom is -0.361 e. The number of carbonyl (C=O) groups is 1. The monoisotopic (exact) mass is 243 g/mol. The number of amidine groups is 1. The van der Waals surface area contributed by atoms with Gasteiger partial charge in [0.1, 0.15) is 6.54 Å². The van der Waals surface area contributed by atoms with Gasteiger partial charge in [-0.3, -0.25) is 9.79 Å². The third-order valence-corrected chi connectivity index (χ3v) is 3.38. The van der Waals surface area contributed by atoms with Crippen LogP contribution in [0.4, 0.5) is 0 Å². The van der Waals surface area contributed by atoms with Gasteiger partial charge >= 0.3 is 0 Å². The maximum absolute atomic E-state index is 11.4. The first-order chi connectivity index (χ1) is 7.49. The second-order valence-electron chi connectivity index (χ2n) is 4.65. The highest BCUT2D eigenvalue weighted by atomic mass is 32.2. The number of nitrogens with one attached hydrogen (secondary N) is 2. The fraction of sp³-hybridized carbons (Fsp3) is 0.818. The first-order valence-corrected chi connectivity index (χ1v) is 6.70.